The van der Waals surface area contributed by atoms with Crippen LogP contribution in [0.3, 0.4) is 0 Å². The molecular formula is C20H26FIN4. The summed E-state index contributed by atoms with van der Waals surface area (Å²) in [5.41, 5.74) is 2.12. The second kappa shape index (κ2) is 9.85. The minimum Gasteiger partial charge on any atom is -0.357 e. The van der Waals surface area contributed by atoms with Crippen molar-refractivity contribution in [1.82, 2.24) is 15.6 Å². The van der Waals surface area contributed by atoms with E-state index in [-0.39, 0.29) is 35.2 Å². The van der Waals surface area contributed by atoms with Crippen LogP contribution in [-0.4, -0.2) is 30.6 Å². The zero-order chi connectivity index (χ0) is 17.5. The van der Waals surface area contributed by atoms with E-state index in [4.69, 9.17) is 4.99 Å². The van der Waals surface area contributed by atoms with Crippen LogP contribution in [0.2, 0.25) is 0 Å². The maximum absolute atomic E-state index is 13.5. The molecule has 0 unspecified atom stereocenters. The first-order valence-corrected chi connectivity index (χ1v) is 8.90. The average molecular weight is 468 g/mol. The molecule has 0 aliphatic heterocycles. The third-order valence-corrected chi connectivity index (χ3v) is 4.57. The van der Waals surface area contributed by atoms with Gasteiger partial charge in [0.1, 0.15) is 5.82 Å². The van der Waals surface area contributed by atoms with Crippen LogP contribution in [0.1, 0.15) is 31.0 Å². The second-order valence-electron chi connectivity index (χ2n) is 6.48. The fourth-order valence-corrected chi connectivity index (χ4v) is 2.93. The summed E-state index contributed by atoms with van der Waals surface area (Å²) in [4.78, 5) is 9.07. The summed E-state index contributed by atoms with van der Waals surface area (Å²) in [6.07, 6.45) is 4.78. The Kier molecular flexibility index (Phi) is 7.81. The Morgan fingerprint density at radius 2 is 2.04 bits per heavy atom. The number of benzene rings is 1. The van der Waals surface area contributed by atoms with Gasteiger partial charge in [0.05, 0.1) is 6.54 Å². The fraction of sp³-hybridized carbons (Fsp3) is 0.400. The molecule has 1 heterocycles. The summed E-state index contributed by atoms with van der Waals surface area (Å²) >= 11 is 0. The summed E-state index contributed by atoms with van der Waals surface area (Å²) in [7, 11) is 0. The zero-order valence-electron chi connectivity index (χ0n) is 15.0. The predicted molar refractivity (Wildman–Crippen MR) is 115 cm³/mol. The van der Waals surface area contributed by atoms with Gasteiger partial charge in [-0.05, 0) is 49.6 Å². The Bertz CT molecular complexity index is 717. The van der Waals surface area contributed by atoms with E-state index in [0.29, 0.717) is 6.54 Å². The van der Waals surface area contributed by atoms with Gasteiger partial charge in [0.2, 0.25) is 0 Å². The highest BCUT2D eigenvalue weighted by Gasteiger charge is 2.44. The Hall–Kier alpha value is -1.70. The summed E-state index contributed by atoms with van der Waals surface area (Å²) in [5, 5.41) is 6.63. The number of aliphatic imine (C=N–C) groups is 1. The van der Waals surface area contributed by atoms with Crippen molar-refractivity contribution in [2.75, 3.05) is 19.6 Å². The number of hydrogen-bond acceptors (Lipinski definition) is 2. The van der Waals surface area contributed by atoms with Crippen molar-refractivity contribution in [3.63, 3.8) is 0 Å². The van der Waals surface area contributed by atoms with Crippen molar-refractivity contribution in [3.05, 3.63) is 65.7 Å². The van der Waals surface area contributed by atoms with E-state index in [0.717, 1.165) is 49.6 Å². The molecule has 2 aromatic rings. The lowest BCUT2D eigenvalue weighted by atomic mass is 9.96. The SMILES string of the molecule is CCNC(=NCC1(c2cccc(F)c2)CC1)NCCc1ccccn1.I. The van der Waals surface area contributed by atoms with Crippen LogP contribution in [0.15, 0.2) is 53.7 Å². The van der Waals surface area contributed by atoms with Gasteiger partial charge in [0, 0.05) is 36.8 Å². The predicted octanol–water partition coefficient (Wildman–Crippen LogP) is 3.67. The molecule has 0 atom stereocenters. The summed E-state index contributed by atoms with van der Waals surface area (Å²) < 4.78 is 13.5. The number of pyridine rings is 1. The number of guanidine groups is 1. The first-order chi connectivity index (χ1) is 12.2. The van der Waals surface area contributed by atoms with Gasteiger partial charge in [-0.3, -0.25) is 9.98 Å². The van der Waals surface area contributed by atoms with Crippen LogP contribution < -0.4 is 10.6 Å². The molecule has 6 heteroatoms. The third-order valence-electron chi connectivity index (χ3n) is 4.57. The summed E-state index contributed by atoms with van der Waals surface area (Å²) in [6, 6.07) is 12.9. The number of aromatic nitrogens is 1. The Morgan fingerprint density at radius 1 is 1.19 bits per heavy atom. The van der Waals surface area contributed by atoms with Gasteiger partial charge in [0.15, 0.2) is 5.96 Å². The highest BCUT2D eigenvalue weighted by molar-refractivity contribution is 14.0. The molecule has 26 heavy (non-hydrogen) atoms. The van der Waals surface area contributed by atoms with Crippen molar-refractivity contribution < 1.29 is 4.39 Å². The number of nitrogens with zero attached hydrogens (tertiary/aromatic N) is 2. The van der Waals surface area contributed by atoms with Gasteiger partial charge in [-0.25, -0.2) is 4.39 Å². The van der Waals surface area contributed by atoms with Crippen LogP contribution in [0.25, 0.3) is 0 Å². The van der Waals surface area contributed by atoms with Crippen molar-refractivity contribution in [1.29, 1.82) is 0 Å². The largest absolute Gasteiger partial charge is 0.357 e. The van der Waals surface area contributed by atoms with E-state index in [1.165, 1.54) is 6.07 Å². The van der Waals surface area contributed by atoms with E-state index in [1.54, 1.807) is 12.1 Å². The van der Waals surface area contributed by atoms with Gasteiger partial charge in [0.25, 0.3) is 0 Å². The van der Waals surface area contributed by atoms with Crippen LogP contribution in [0.4, 0.5) is 4.39 Å². The van der Waals surface area contributed by atoms with Crippen LogP contribution in [0, 0.1) is 5.82 Å². The number of halogens is 2. The molecule has 4 nitrogen and oxygen atoms in total. The lowest BCUT2D eigenvalue weighted by Crippen LogP contribution is -2.39. The first kappa shape index (κ1) is 20.6. The lowest BCUT2D eigenvalue weighted by molar-refractivity contribution is 0.615. The Labute approximate surface area is 171 Å². The molecule has 1 aliphatic carbocycles. The molecule has 1 fully saturated rings. The number of nitrogens with one attached hydrogen (secondary N) is 2. The maximum Gasteiger partial charge on any atom is 0.191 e. The summed E-state index contributed by atoms with van der Waals surface area (Å²) in [5.74, 6) is 0.634. The fourth-order valence-electron chi connectivity index (χ4n) is 2.93. The molecule has 1 saturated carbocycles. The molecule has 2 N–H and O–H groups in total. The second-order valence-corrected chi connectivity index (χ2v) is 6.48. The normalized spacial score (nSPS) is 15.1. The van der Waals surface area contributed by atoms with Crippen LogP contribution >= 0.6 is 24.0 Å². The number of rotatable bonds is 7. The van der Waals surface area contributed by atoms with E-state index in [9.17, 15) is 4.39 Å². The molecular weight excluding hydrogens is 442 g/mol. The third kappa shape index (κ3) is 5.65. The molecule has 1 aromatic carbocycles. The quantitative estimate of drug-likeness (QED) is 0.371. The highest BCUT2D eigenvalue weighted by atomic mass is 127. The van der Waals surface area contributed by atoms with Crippen molar-refractivity contribution >= 4 is 29.9 Å². The van der Waals surface area contributed by atoms with Crippen molar-refractivity contribution in [3.8, 4) is 0 Å². The molecule has 1 aliphatic rings. The standard InChI is InChI=1S/C20H25FN4.HI/c1-2-22-19(24-13-9-18-8-3-4-12-23-18)25-15-20(10-11-20)16-6-5-7-17(21)14-16;/h3-8,12,14H,2,9-11,13,15H2,1H3,(H2,22,24,25);1H. The summed E-state index contributed by atoms with van der Waals surface area (Å²) in [6.45, 7) is 4.31. The topological polar surface area (TPSA) is 49.3 Å². The van der Waals surface area contributed by atoms with E-state index in [1.807, 2.05) is 30.5 Å². The zero-order valence-corrected chi connectivity index (χ0v) is 17.4. The molecule has 0 radical (unpaired) electrons. The van der Waals surface area contributed by atoms with E-state index in [2.05, 4.69) is 22.5 Å². The number of hydrogen-bond donors (Lipinski definition) is 2. The van der Waals surface area contributed by atoms with Gasteiger partial charge in [-0.1, -0.05) is 18.2 Å². The van der Waals surface area contributed by atoms with E-state index >= 15 is 0 Å². The van der Waals surface area contributed by atoms with E-state index < -0.39 is 0 Å². The van der Waals surface area contributed by atoms with Gasteiger partial charge < -0.3 is 10.6 Å². The smallest absolute Gasteiger partial charge is 0.191 e. The van der Waals surface area contributed by atoms with Crippen LogP contribution in [-0.2, 0) is 11.8 Å². The molecule has 3 rings (SSSR count). The minimum atomic E-state index is -0.173. The minimum absolute atomic E-state index is 0. The Morgan fingerprint density at radius 3 is 2.69 bits per heavy atom. The maximum atomic E-state index is 13.5. The first-order valence-electron chi connectivity index (χ1n) is 8.90. The van der Waals surface area contributed by atoms with Gasteiger partial charge in [-0.2, -0.15) is 0 Å². The van der Waals surface area contributed by atoms with Crippen molar-refractivity contribution in [2.24, 2.45) is 4.99 Å². The molecule has 0 amide bonds. The molecule has 1 aromatic heterocycles. The lowest BCUT2D eigenvalue weighted by Gasteiger charge is -2.16. The molecule has 140 valence electrons. The van der Waals surface area contributed by atoms with Gasteiger partial charge in [-0.15, -0.1) is 24.0 Å². The molecule has 0 saturated heterocycles. The Balaban J connectivity index is 0.00000243. The van der Waals surface area contributed by atoms with Crippen LogP contribution in [0.5, 0.6) is 0 Å². The molecule has 0 spiro atoms. The average Bonchev–Trinajstić information content (AvgIpc) is 3.42. The molecule has 0 bridgehead atoms. The van der Waals surface area contributed by atoms with Crippen molar-refractivity contribution in [2.45, 2.75) is 31.6 Å². The monoisotopic (exact) mass is 468 g/mol. The van der Waals surface area contributed by atoms with Gasteiger partial charge >= 0.3 is 0 Å². The highest BCUT2D eigenvalue weighted by Crippen LogP contribution is 2.48.